The maximum atomic E-state index is 13.6. The topological polar surface area (TPSA) is 54.8 Å². The maximum absolute atomic E-state index is 13.6. The first-order valence-electron chi connectivity index (χ1n) is 11.8. The van der Waals surface area contributed by atoms with Crippen LogP contribution in [0.4, 0.5) is 0 Å². The van der Waals surface area contributed by atoms with Crippen molar-refractivity contribution < 1.29 is 14.3 Å². The first-order chi connectivity index (χ1) is 16.5. The van der Waals surface area contributed by atoms with Gasteiger partial charge in [0.05, 0.1) is 6.54 Å². The van der Waals surface area contributed by atoms with Gasteiger partial charge in [-0.05, 0) is 50.1 Å². The molecule has 0 radical (unpaired) electrons. The molecule has 0 saturated carbocycles. The molecule has 3 rings (SSSR count). The number of amides is 2. The molecule has 1 heterocycles. The maximum Gasteiger partial charge on any atom is 0.254 e. The zero-order chi connectivity index (χ0) is 24.3. The van der Waals surface area contributed by atoms with Gasteiger partial charge >= 0.3 is 0 Å². The Labute approximate surface area is 202 Å². The molecule has 0 saturated heterocycles. The van der Waals surface area contributed by atoms with E-state index in [0.29, 0.717) is 44.8 Å². The number of hydrogen-bond acceptors (Lipinski definition) is 3. The summed E-state index contributed by atoms with van der Waals surface area (Å²) in [5.41, 5.74) is 3.77. The van der Waals surface area contributed by atoms with Gasteiger partial charge in [-0.2, -0.15) is 0 Å². The van der Waals surface area contributed by atoms with Crippen LogP contribution < -0.4 is 0 Å². The van der Waals surface area contributed by atoms with Crippen LogP contribution in [0, 0.1) is 6.92 Å². The molecule has 0 bridgehead atoms. The van der Waals surface area contributed by atoms with Gasteiger partial charge in [-0.25, -0.2) is 0 Å². The predicted octanol–water partition coefficient (Wildman–Crippen LogP) is 4.43. The van der Waals surface area contributed by atoms with Gasteiger partial charge < -0.3 is 19.1 Å². The lowest BCUT2D eigenvalue weighted by Gasteiger charge is -2.28. The second-order valence-electron chi connectivity index (χ2n) is 8.49. The molecule has 6 heteroatoms. The van der Waals surface area contributed by atoms with Crippen LogP contribution in [0.3, 0.4) is 0 Å². The van der Waals surface area contributed by atoms with Gasteiger partial charge in [-0.3, -0.25) is 9.59 Å². The van der Waals surface area contributed by atoms with Crippen LogP contribution >= 0.6 is 0 Å². The van der Waals surface area contributed by atoms with E-state index in [9.17, 15) is 9.59 Å². The van der Waals surface area contributed by atoms with Gasteiger partial charge in [-0.15, -0.1) is 0 Å². The van der Waals surface area contributed by atoms with E-state index in [4.69, 9.17) is 4.74 Å². The molecule has 0 aliphatic rings. The Morgan fingerprint density at radius 1 is 0.912 bits per heavy atom. The fourth-order valence-electron chi connectivity index (χ4n) is 3.79. The summed E-state index contributed by atoms with van der Waals surface area (Å²) in [6.07, 6.45) is 2.65. The van der Waals surface area contributed by atoms with E-state index < -0.39 is 0 Å². The van der Waals surface area contributed by atoms with E-state index in [0.717, 1.165) is 16.8 Å². The van der Waals surface area contributed by atoms with Gasteiger partial charge in [0.15, 0.2) is 0 Å². The number of carbonyl (C=O) groups excluding carboxylic acids is 2. The number of hydrogen-bond donors (Lipinski definition) is 0. The highest BCUT2D eigenvalue weighted by atomic mass is 16.5. The summed E-state index contributed by atoms with van der Waals surface area (Å²) in [4.78, 5) is 30.4. The van der Waals surface area contributed by atoms with Gasteiger partial charge in [-0.1, -0.05) is 48.0 Å². The predicted molar refractivity (Wildman–Crippen MR) is 134 cm³/mol. The summed E-state index contributed by atoms with van der Waals surface area (Å²) in [5, 5.41) is 0. The molecule has 0 fully saturated rings. The zero-order valence-electron chi connectivity index (χ0n) is 20.4. The van der Waals surface area contributed by atoms with E-state index in [1.807, 2.05) is 103 Å². The fourth-order valence-corrected chi connectivity index (χ4v) is 3.79. The summed E-state index contributed by atoms with van der Waals surface area (Å²) in [5.74, 6) is -0.217. The average molecular weight is 462 g/mol. The molecule has 2 amide bonds. The van der Waals surface area contributed by atoms with Crippen LogP contribution in [0.15, 0.2) is 72.9 Å². The Kier molecular flexibility index (Phi) is 9.47. The molecule has 0 N–H and O–H groups in total. The molecule has 3 aromatic rings. The minimum Gasteiger partial charge on any atom is -0.382 e. The summed E-state index contributed by atoms with van der Waals surface area (Å²) in [6.45, 7) is 6.56. The number of aromatic nitrogens is 1. The third-order valence-electron chi connectivity index (χ3n) is 5.81. The van der Waals surface area contributed by atoms with Crippen LogP contribution in [0.25, 0.3) is 0 Å². The minimum atomic E-state index is -0.136. The van der Waals surface area contributed by atoms with Crippen molar-refractivity contribution in [3.8, 4) is 0 Å². The lowest BCUT2D eigenvalue weighted by atomic mass is 10.1. The van der Waals surface area contributed by atoms with Crippen LogP contribution in [0.2, 0.25) is 0 Å². The Hall–Kier alpha value is -3.38. The Morgan fingerprint density at radius 2 is 1.65 bits per heavy atom. The fraction of sp³-hybridized carbons (Fsp3) is 0.357. The van der Waals surface area contributed by atoms with E-state index in [1.165, 1.54) is 0 Å². The van der Waals surface area contributed by atoms with Crippen LogP contribution in [0.1, 0.15) is 40.5 Å². The van der Waals surface area contributed by atoms with E-state index >= 15 is 0 Å². The third kappa shape index (κ3) is 7.32. The lowest BCUT2D eigenvalue weighted by molar-refractivity contribution is -0.133. The smallest absolute Gasteiger partial charge is 0.254 e. The minimum absolute atomic E-state index is 0.0239. The van der Waals surface area contributed by atoms with Crippen molar-refractivity contribution in [1.82, 2.24) is 14.4 Å². The normalized spacial score (nSPS) is 10.8. The molecule has 34 heavy (non-hydrogen) atoms. The van der Waals surface area contributed by atoms with Gasteiger partial charge in [0.2, 0.25) is 5.91 Å². The van der Waals surface area contributed by atoms with E-state index in [1.54, 1.807) is 4.90 Å². The van der Waals surface area contributed by atoms with Crippen LogP contribution in [0.5, 0.6) is 0 Å². The standard InChI is InChI=1S/C28H35N3O3/c1-4-34-19-9-18-30(28(33)25-15-13-23(2)14-16-25)22-27(32)31(20-24-10-6-5-7-11-24)21-26-12-8-17-29(26)3/h5-8,10-17H,4,9,18-22H2,1-3H3. The molecule has 0 unspecified atom stereocenters. The number of nitrogens with zero attached hydrogens (tertiary/aromatic N) is 3. The third-order valence-corrected chi connectivity index (χ3v) is 5.81. The van der Waals surface area contributed by atoms with Crippen molar-refractivity contribution in [2.45, 2.75) is 33.4 Å². The Balaban J connectivity index is 1.79. The molecule has 0 aliphatic heterocycles. The monoisotopic (exact) mass is 461 g/mol. The van der Waals surface area contributed by atoms with Crippen molar-refractivity contribution in [1.29, 1.82) is 0 Å². The van der Waals surface area contributed by atoms with Crippen molar-refractivity contribution in [3.05, 3.63) is 95.3 Å². The first-order valence-corrected chi connectivity index (χ1v) is 11.8. The highest BCUT2D eigenvalue weighted by molar-refractivity contribution is 5.96. The van der Waals surface area contributed by atoms with Crippen LogP contribution in [-0.4, -0.2) is 52.5 Å². The van der Waals surface area contributed by atoms with Crippen molar-refractivity contribution in [3.63, 3.8) is 0 Å². The van der Waals surface area contributed by atoms with Crippen LogP contribution in [-0.2, 0) is 29.7 Å². The highest BCUT2D eigenvalue weighted by Crippen LogP contribution is 2.13. The molecule has 0 spiro atoms. The largest absolute Gasteiger partial charge is 0.382 e. The molecular formula is C28H35N3O3. The summed E-state index contributed by atoms with van der Waals surface area (Å²) in [7, 11) is 1.97. The second-order valence-corrected chi connectivity index (χ2v) is 8.49. The van der Waals surface area contributed by atoms with Gasteiger partial charge in [0, 0.05) is 50.8 Å². The van der Waals surface area contributed by atoms with Crippen molar-refractivity contribution in [2.24, 2.45) is 7.05 Å². The number of rotatable bonds is 12. The molecule has 1 aromatic heterocycles. The Morgan fingerprint density at radius 3 is 2.29 bits per heavy atom. The van der Waals surface area contributed by atoms with Crippen molar-refractivity contribution in [2.75, 3.05) is 26.3 Å². The quantitative estimate of drug-likeness (QED) is 0.375. The average Bonchev–Trinajstić information content (AvgIpc) is 3.25. The molecule has 180 valence electrons. The second kappa shape index (κ2) is 12.8. The summed E-state index contributed by atoms with van der Waals surface area (Å²) < 4.78 is 7.48. The molecule has 0 aliphatic carbocycles. The molecule has 0 atom stereocenters. The number of aryl methyl sites for hydroxylation is 2. The van der Waals surface area contributed by atoms with E-state index in [2.05, 4.69) is 0 Å². The van der Waals surface area contributed by atoms with Gasteiger partial charge in [0.1, 0.15) is 6.54 Å². The molecule has 6 nitrogen and oxygen atoms in total. The first kappa shape index (κ1) is 25.2. The number of carbonyl (C=O) groups is 2. The SMILES string of the molecule is CCOCCCN(CC(=O)N(Cc1ccccc1)Cc1cccn1C)C(=O)c1ccc(C)cc1. The summed E-state index contributed by atoms with van der Waals surface area (Å²) in [6, 6.07) is 21.4. The molecule has 2 aromatic carbocycles. The van der Waals surface area contributed by atoms with Gasteiger partial charge in [0.25, 0.3) is 5.91 Å². The highest BCUT2D eigenvalue weighted by Gasteiger charge is 2.23. The lowest BCUT2D eigenvalue weighted by Crippen LogP contribution is -2.43. The number of ether oxygens (including phenoxy) is 1. The van der Waals surface area contributed by atoms with Crippen molar-refractivity contribution >= 4 is 11.8 Å². The van der Waals surface area contributed by atoms with E-state index in [-0.39, 0.29) is 18.4 Å². The zero-order valence-corrected chi connectivity index (χ0v) is 20.4. The number of benzene rings is 2. The Bertz CT molecular complexity index is 1040. The summed E-state index contributed by atoms with van der Waals surface area (Å²) >= 11 is 0. The molecular weight excluding hydrogens is 426 g/mol.